The highest BCUT2D eigenvalue weighted by molar-refractivity contribution is 7.99. The van der Waals surface area contributed by atoms with Crippen molar-refractivity contribution in [3.63, 3.8) is 0 Å². The van der Waals surface area contributed by atoms with E-state index >= 15 is 0 Å². The molecule has 1 atom stereocenters. The van der Waals surface area contributed by atoms with Gasteiger partial charge in [0.25, 0.3) is 0 Å². The molecule has 0 unspecified atom stereocenters. The van der Waals surface area contributed by atoms with Crippen molar-refractivity contribution in [3.8, 4) is 0 Å². The molecule has 2 heterocycles. The van der Waals surface area contributed by atoms with E-state index in [2.05, 4.69) is 0 Å². The number of rotatable bonds is 1. The Labute approximate surface area is 141 Å². The molecule has 130 valence electrons. The van der Waals surface area contributed by atoms with Crippen LogP contribution in [0, 0.1) is 0 Å². The molecular formula is C15H25N3O4S. The summed E-state index contributed by atoms with van der Waals surface area (Å²) in [5.41, 5.74) is -0.578. The number of thioether (sulfide) groups is 1. The van der Waals surface area contributed by atoms with Crippen LogP contribution in [0.2, 0.25) is 0 Å². The van der Waals surface area contributed by atoms with E-state index in [1.807, 2.05) is 20.8 Å². The van der Waals surface area contributed by atoms with Gasteiger partial charge in [-0.05, 0) is 20.8 Å². The first-order chi connectivity index (χ1) is 10.7. The molecule has 0 aliphatic carbocycles. The quantitative estimate of drug-likeness (QED) is 0.710. The topological polar surface area (TPSA) is 70.2 Å². The molecule has 2 fully saturated rings. The van der Waals surface area contributed by atoms with Crippen molar-refractivity contribution in [2.75, 3.05) is 37.8 Å². The maximum absolute atomic E-state index is 12.7. The summed E-state index contributed by atoms with van der Waals surface area (Å²) < 4.78 is 5.39. The second kappa shape index (κ2) is 6.98. The van der Waals surface area contributed by atoms with E-state index in [9.17, 15) is 14.4 Å². The molecule has 0 radical (unpaired) electrons. The molecule has 23 heavy (non-hydrogen) atoms. The summed E-state index contributed by atoms with van der Waals surface area (Å²) in [7, 11) is 0. The Kier molecular flexibility index (Phi) is 5.44. The van der Waals surface area contributed by atoms with Crippen molar-refractivity contribution in [2.45, 2.75) is 39.3 Å². The molecule has 0 saturated carbocycles. The SMILES string of the molecule is CC(=O)N1CCN(C(=O)[C@H]2CSCN2C(=O)OC(C)(C)C)CC1. The first-order valence-electron chi connectivity index (χ1n) is 7.81. The Hall–Kier alpha value is -1.44. The van der Waals surface area contributed by atoms with Crippen LogP contribution in [0.1, 0.15) is 27.7 Å². The lowest BCUT2D eigenvalue weighted by Crippen LogP contribution is -2.56. The molecule has 0 aromatic heterocycles. The minimum Gasteiger partial charge on any atom is -0.444 e. The average Bonchev–Trinajstić information content (AvgIpc) is 2.94. The minimum absolute atomic E-state index is 0.0314. The highest BCUT2D eigenvalue weighted by atomic mass is 32.2. The van der Waals surface area contributed by atoms with E-state index in [0.29, 0.717) is 37.8 Å². The summed E-state index contributed by atoms with van der Waals surface area (Å²) in [6.07, 6.45) is -0.441. The Morgan fingerprint density at radius 2 is 1.61 bits per heavy atom. The molecular weight excluding hydrogens is 318 g/mol. The lowest BCUT2D eigenvalue weighted by atomic mass is 10.2. The van der Waals surface area contributed by atoms with Gasteiger partial charge in [-0.25, -0.2) is 4.79 Å². The Bertz CT molecular complexity index is 484. The Morgan fingerprint density at radius 3 is 2.13 bits per heavy atom. The number of ether oxygens (including phenoxy) is 1. The second-order valence-corrected chi connectivity index (χ2v) is 7.80. The second-order valence-electron chi connectivity index (χ2n) is 6.80. The molecule has 0 aromatic rings. The lowest BCUT2D eigenvalue weighted by Gasteiger charge is -2.36. The molecule has 8 heteroatoms. The highest BCUT2D eigenvalue weighted by Gasteiger charge is 2.39. The maximum Gasteiger partial charge on any atom is 0.411 e. The molecule has 7 nitrogen and oxygen atoms in total. The fourth-order valence-corrected chi connectivity index (χ4v) is 3.73. The Morgan fingerprint density at radius 1 is 1.04 bits per heavy atom. The zero-order valence-electron chi connectivity index (χ0n) is 14.2. The smallest absolute Gasteiger partial charge is 0.411 e. The molecule has 2 aliphatic rings. The van der Waals surface area contributed by atoms with E-state index in [1.54, 1.807) is 21.6 Å². The molecule has 3 amide bonds. The van der Waals surface area contributed by atoms with Crippen LogP contribution in [0.4, 0.5) is 4.79 Å². The fraction of sp³-hybridized carbons (Fsp3) is 0.800. The van der Waals surface area contributed by atoms with Crippen LogP contribution in [0.25, 0.3) is 0 Å². The van der Waals surface area contributed by atoms with E-state index in [4.69, 9.17) is 4.74 Å². The van der Waals surface area contributed by atoms with Gasteiger partial charge in [0.2, 0.25) is 11.8 Å². The van der Waals surface area contributed by atoms with Crippen LogP contribution >= 0.6 is 11.8 Å². The first-order valence-corrected chi connectivity index (χ1v) is 8.96. The predicted octanol–water partition coefficient (Wildman–Crippen LogP) is 0.987. The zero-order chi connectivity index (χ0) is 17.2. The van der Waals surface area contributed by atoms with Gasteiger partial charge in [-0.1, -0.05) is 0 Å². The monoisotopic (exact) mass is 343 g/mol. The summed E-state index contributed by atoms with van der Waals surface area (Å²) in [6, 6.07) is -0.473. The number of hydrogen-bond donors (Lipinski definition) is 0. The standard InChI is InChI=1S/C15H25N3O4S/c1-11(19)16-5-7-17(8-6-16)13(20)12-9-23-10-18(12)14(21)22-15(2,3)4/h12H,5-10H2,1-4H3/t12-/m1/s1. The largest absolute Gasteiger partial charge is 0.444 e. The van der Waals surface area contributed by atoms with Gasteiger partial charge in [-0.2, -0.15) is 0 Å². The third-order valence-corrected chi connectivity index (χ3v) is 4.84. The molecule has 0 aromatic carbocycles. The van der Waals surface area contributed by atoms with Gasteiger partial charge in [0.1, 0.15) is 11.6 Å². The van der Waals surface area contributed by atoms with Gasteiger partial charge in [-0.15, -0.1) is 11.8 Å². The summed E-state index contributed by atoms with van der Waals surface area (Å²) in [6.45, 7) is 9.10. The minimum atomic E-state index is -0.578. The molecule has 0 N–H and O–H groups in total. The van der Waals surface area contributed by atoms with Crippen molar-refractivity contribution in [2.24, 2.45) is 0 Å². The van der Waals surface area contributed by atoms with Gasteiger partial charge >= 0.3 is 6.09 Å². The van der Waals surface area contributed by atoms with Gasteiger partial charge in [0.15, 0.2) is 0 Å². The molecule has 0 bridgehead atoms. The first kappa shape index (κ1) is 17.9. The lowest BCUT2D eigenvalue weighted by molar-refractivity contribution is -0.141. The van der Waals surface area contributed by atoms with Crippen LogP contribution in [-0.2, 0) is 14.3 Å². The summed E-state index contributed by atoms with van der Waals surface area (Å²) in [4.78, 5) is 41.3. The van der Waals surface area contributed by atoms with Crippen molar-refractivity contribution < 1.29 is 19.1 Å². The van der Waals surface area contributed by atoms with Crippen molar-refractivity contribution >= 4 is 29.7 Å². The third-order valence-electron chi connectivity index (χ3n) is 3.83. The molecule has 2 saturated heterocycles. The van der Waals surface area contributed by atoms with E-state index < -0.39 is 17.7 Å². The molecule has 2 rings (SSSR count). The van der Waals surface area contributed by atoms with Gasteiger partial charge in [0, 0.05) is 38.9 Å². The van der Waals surface area contributed by atoms with Crippen LogP contribution in [0.3, 0.4) is 0 Å². The summed E-state index contributed by atoms with van der Waals surface area (Å²) in [5.74, 6) is 1.04. The van der Waals surface area contributed by atoms with Crippen molar-refractivity contribution in [3.05, 3.63) is 0 Å². The van der Waals surface area contributed by atoms with Gasteiger partial charge < -0.3 is 14.5 Å². The number of piperazine rings is 1. The van der Waals surface area contributed by atoms with Crippen LogP contribution < -0.4 is 0 Å². The van der Waals surface area contributed by atoms with Crippen LogP contribution in [-0.4, -0.2) is 82.1 Å². The third kappa shape index (κ3) is 4.53. The van der Waals surface area contributed by atoms with E-state index in [-0.39, 0.29) is 11.8 Å². The van der Waals surface area contributed by atoms with Gasteiger partial charge in [0.05, 0.1) is 5.88 Å². The average molecular weight is 343 g/mol. The fourth-order valence-electron chi connectivity index (χ4n) is 2.60. The van der Waals surface area contributed by atoms with Gasteiger partial charge in [-0.3, -0.25) is 14.5 Å². The molecule has 0 spiro atoms. The number of carbonyl (C=O) groups excluding carboxylic acids is 3. The summed E-state index contributed by atoms with van der Waals surface area (Å²) in [5, 5.41) is 0. The highest BCUT2D eigenvalue weighted by Crippen LogP contribution is 2.25. The number of nitrogens with zero attached hydrogens (tertiary/aromatic N) is 3. The predicted molar refractivity (Wildman–Crippen MR) is 88.0 cm³/mol. The van der Waals surface area contributed by atoms with Crippen molar-refractivity contribution in [1.82, 2.24) is 14.7 Å². The van der Waals surface area contributed by atoms with E-state index in [1.165, 1.54) is 11.8 Å². The van der Waals surface area contributed by atoms with Crippen LogP contribution in [0.15, 0.2) is 0 Å². The van der Waals surface area contributed by atoms with Crippen molar-refractivity contribution in [1.29, 1.82) is 0 Å². The normalized spacial score (nSPS) is 22.3. The number of carbonyl (C=O) groups is 3. The number of hydrogen-bond acceptors (Lipinski definition) is 5. The zero-order valence-corrected chi connectivity index (χ0v) is 15.0. The number of amides is 3. The summed E-state index contributed by atoms with van der Waals surface area (Å²) >= 11 is 1.56. The molecule has 2 aliphatic heterocycles. The van der Waals surface area contributed by atoms with E-state index in [0.717, 1.165) is 0 Å². The van der Waals surface area contributed by atoms with Crippen LogP contribution in [0.5, 0.6) is 0 Å². The Balaban J connectivity index is 1.96. The maximum atomic E-state index is 12.7.